The fourth-order valence-corrected chi connectivity index (χ4v) is 5.20. The van der Waals surface area contributed by atoms with Gasteiger partial charge in [-0.05, 0) is 77.6 Å². The number of hydrogen-bond donors (Lipinski definition) is 3. The van der Waals surface area contributed by atoms with E-state index in [4.69, 9.17) is 9.29 Å². The maximum absolute atomic E-state index is 15.3. The van der Waals surface area contributed by atoms with Crippen molar-refractivity contribution in [2.24, 2.45) is 7.05 Å². The molecule has 9 nitrogen and oxygen atoms in total. The van der Waals surface area contributed by atoms with Crippen LogP contribution in [0.2, 0.25) is 0 Å². The van der Waals surface area contributed by atoms with Crippen LogP contribution in [0.1, 0.15) is 27.0 Å². The van der Waals surface area contributed by atoms with Crippen LogP contribution in [0.5, 0.6) is 5.75 Å². The minimum Gasteiger partial charge on any atom is -0.496 e. The van der Waals surface area contributed by atoms with Gasteiger partial charge in [0, 0.05) is 37.6 Å². The maximum Gasteiger partial charge on any atom is 0.266 e. The second-order valence-electron chi connectivity index (χ2n) is 9.85. The number of rotatable bonds is 10. The van der Waals surface area contributed by atoms with Gasteiger partial charge in [-0.1, -0.05) is 30.3 Å². The van der Waals surface area contributed by atoms with E-state index in [2.05, 4.69) is 10.6 Å². The van der Waals surface area contributed by atoms with Gasteiger partial charge in [0.05, 0.1) is 12.9 Å². The SMILES string of the molecule is COc1cc(-c2cccc(-c3cccc(NC(=O)c4cccn(C)c4=O)c3C)c2C)cc(F)c1CNCCS(=O)(=O)O. The molecule has 3 aromatic carbocycles. The lowest BCUT2D eigenvalue weighted by atomic mass is 9.90. The van der Waals surface area contributed by atoms with Gasteiger partial charge in [0.15, 0.2) is 0 Å². The number of benzene rings is 3. The van der Waals surface area contributed by atoms with E-state index in [0.29, 0.717) is 17.0 Å². The number of aryl methyl sites for hydroxylation is 1. The number of hydrogen-bond acceptors (Lipinski definition) is 6. The Labute approximate surface area is 243 Å². The monoisotopic (exact) mass is 593 g/mol. The molecule has 1 amide bonds. The van der Waals surface area contributed by atoms with Gasteiger partial charge in [-0.2, -0.15) is 8.42 Å². The summed E-state index contributed by atoms with van der Waals surface area (Å²) in [4.78, 5) is 25.3. The minimum atomic E-state index is -4.13. The lowest BCUT2D eigenvalue weighted by Crippen LogP contribution is -2.27. The van der Waals surface area contributed by atoms with Gasteiger partial charge in [-0.25, -0.2) is 4.39 Å². The number of nitrogens with one attached hydrogen (secondary N) is 2. The Morgan fingerprint density at radius 1 is 1.00 bits per heavy atom. The molecular formula is C31H32FN3O6S. The fraction of sp³-hybridized carbons (Fsp3) is 0.226. The van der Waals surface area contributed by atoms with Gasteiger partial charge < -0.3 is 19.9 Å². The number of anilines is 1. The molecule has 0 unspecified atom stereocenters. The predicted octanol–water partition coefficient (Wildman–Crippen LogP) is 4.71. The molecule has 0 radical (unpaired) electrons. The standard InChI is InChI=1S/C31H32FN3O6S/c1-19-22(21-16-27(32)26(29(17-21)41-4)18-33-13-15-42(38,39)40)8-5-9-23(19)24-10-6-12-28(20(24)2)34-30(36)25-11-7-14-35(3)31(25)37/h5-12,14,16-17,33H,13,15,18H2,1-4H3,(H,34,36)(H,38,39,40). The van der Waals surface area contributed by atoms with Crippen LogP contribution in [0.3, 0.4) is 0 Å². The zero-order valence-electron chi connectivity index (χ0n) is 23.7. The third kappa shape index (κ3) is 6.76. The number of ether oxygens (including phenoxy) is 1. The number of carbonyl (C=O) groups is 1. The van der Waals surface area contributed by atoms with Crippen LogP contribution in [-0.2, 0) is 23.7 Å². The summed E-state index contributed by atoms with van der Waals surface area (Å²) < 4.78 is 52.9. The Kier molecular flexibility index (Phi) is 9.25. The first-order valence-electron chi connectivity index (χ1n) is 13.1. The Bertz CT molecular complexity index is 1820. The Morgan fingerprint density at radius 3 is 2.36 bits per heavy atom. The van der Waals surface area contributed by atoms with Crippen molar-refractivity contribution in [2.75, 3.05) is 24.7 Å². The van der Waals surface area contributed by atoms with Crippen molar-refractivity contribution >= 4 is 21.7 Å². The summed E-state index contributed by atoms with van der Waals surface area (Å²) in [7, 11) is -1.12. The largest absolute Gasteiger partial charge is 0.496 e. The summed E-state index contributed by atoms with van der Waals surface area (Å²) >= 11 is 0. The van der Waals surface area contributed by atoms with E-state index in [0.717, 1.165) is 27.8 Å². The first-order chi connectivity index (χ1) is 19.9. The first-order valence-corrected chi connectivity index (χ1v) is 14.7. The molecule has 0 aliphatic heterocycles. The van der Waals surface area contributed by atoms with E-state index >= 15 is 4.39 Å². The summed E-state index contributed by atoms with van der Waals surface area (Å²) in [6.07, 6.45) is 1.58. The highest BCUT2D eigenvalue weighted by Gasteiger charge is 2.18. The number of nitrogens with zero attached hydrogens (tertiary/aromatic N) is 1. The number of aromatic nitrogens is 1. The molecule has 4 rings (SSSR count). The molecule has 0 saturated carbocycles. The predicted molar refractivity (Wildman–Crippen MR) is 161 cm³/mol. The van der Waals surface area contributed by atoms with Gasteiger partial charge in [0.1, 0.15) is 17.1 Å². The van der Waals surface area contributed by atoms with E-state index < -0.39 is 33.2 Å². The Balaban J connectivity index is 1.65. The molecule has 0 fully saturated rings. The highest BCUT2D eigenvalue weighted by atomic mass is 32.2. The van der Waals surface area contributed by atoms with Crippen LogP contribution < -0.4 is 20.9 Å². The van der Waals surface area contributed by atoms with E-state index in [9.17, 15) is 18.0 Å². The van der Waals surface area contributed by atoms with E-state index in [1.54, 1.807) is 31.4 Å². The molecule has 0 atom stereocenters. The van der Waals surface area contributed by atoms with Crippen molar-refractivity contribution in [3.05, 3.63) is 105 Å². The molecule has 42 heavy (non-hydrogen) atoms. The van der Waals surface area contributed by atoms with Crippen LogP contribution in [0.15, 0.2) is 71.7 Å². The molecular weight excluding hydrogens is 561 g/mol. The number of carbonyl (C=O) groups excluding carboxylic acids is 1. The smallest absolute Gasteiger partial charge is 0.266 e. The molecule has 1 aromatic heterocycles. The van der Waals surface area contributed by atoms with Gasteiger partial charge in [-0.3, -0.25) is 14.1 Å². The average molecular weight is 594 g/mol. The van der Waals surface area contributed by atoms with Crippen molar-refractivity contribution in [3.63, 3.8) is 0 Å². The maximum atomic E-state index is 15.3. The number of methoxy groups -OCH3 is 1. The van der Waals surface area contributed by atoms with Gasteiger partial charge in [0.2, 0.25) is 0 Å². The third-order valence-electron chi connectivity index (χ3n) is 7.10. The molecule has 0 saturated heterocycles. The summed E-state index contributed by atoms with van der Waals surface area (Å²) in [6, 6.07) is 17.5. The van der Waals surface area contributed by atoms with Gasteiger partial charge in [0.25, 0.3) is 21.6 Å². The van der Waals surface area contributed by atoms with Crippen LogP contribution in [0, 0.1) is 19.7 Å². The van der Waals surface area contributed by atoms with E-state index in [1.165, 1.54) is 23.8 Å². The second-order valence-corrected chi connectivity index (χ2v) is 11.4. The third-order valence-corrected chi connectivity index (χ3v) is 7.82. The van der Waals surface area contributed by atoms with Crippen LogP contribution in [0.25, 0.3) is 22.3 Å². The Morgan fingerprint density at radius 2 is 1.67 bits per heavy atom. The number of halogens is 1. The molecule has 0 aliphatic rings. The molecule has 11 heteroatoms. The molecule has 1 heterocycles. The van der Waals surface area contributed by atoms with E-state index in [-0.39, 0.29) is 24.2 Å². The van der Waals surface area contributed by atoms with Crippen LogP contribution in [-0.4, -0.2) is 42.9 Å². The van der Waals surface area contributed by atoms with Gasteiger partial charge >= 0.3 is 0 Å². The molecule has 0 aliphatic carbocycles. The summed E-state index contributed by atoms with van der Waals surface area (Å²) in [5.74, 6) is -1.23. The summed E-state index contributed by atoms with van der Waals surface area (Å²) in [5, 5.41) is 5.67. The first kappa shape index (κ1) is 30.6. The lowest BCUT2D eigenvalue weighted by molar-refractivity contribution is 0.102. The zero-order chi connectivity index (χ0) is 30.6. The average Bonchev–Trinajstić information content (AvgIpc) is 2.94. The van der Waals surface area contributed by atoms with Crippen LogP contribution in [0.4, 0.5) is 10.1 Å². The second kappa shape index (κ2) is 12.7. The molecule has 4 aromatic rings. The van der Waals surface area contributed by atoms with E-state index in [1.807, 2.05) is 44.2 Å². The van der Waals surface area contributed by atoms with Crippen molar-refractivity contribution in [2.45, 2.75) is 20.4 Å². The zero-order valence-corrected chi connectivity index (χ0v) is 24.5. The summed E-state index contributed by atoms with van der Waals surface area (Å²) in [5.41, 5.74) is 5.22. The molecule has 0 bridgehead atoms. The van der Waals surface area contributed by atoms with Crippen LogP contribution >= 0.6 is 0 Å². The summed E-state index contributed by atoms with van der Waals surface area (Å²) in [6.45, 7) is 3.77. The highest BCUT2D eigenvalue weighted by molar-refractivity contribution is 7.85. The van der Waals surface area contributed by atoms with Crippen molar-refractivity contribution in [1.82, 2.24) is 9.88 Å². The molecule has 3 N–H and O–H groups in total. The van der Waals surface area contributed by atoms with Crippen molar-refractivity contribution < 1.29 is 26.9 Å². The number of pyridine rings is 1. The fourth-order valence-electron chi connectivity index (χ4n) is 4.80. The molecule has 220 valence electrons. The topological polar surface area (TPSA) is 127 Å². The normalized spacial score (nSPS) is 11.4. The minimum absolute atomic E-state index is 0.0105. The quantitative estimate of drug-likeness (QED) is 0.180. The highest BCUT2D eigenvalue weighted by Crippen LogP contribution is 2.37. The van der Waals surface area contributed by atoms with Crippen molar-refractivity contribution in [1.29, 1.82) is 0 Å². The Hall–Kier alpha value is -4.32. The molecule has 0 spiro atoms. The number of amides is 1. The van der Waals surface area contributed by atoms with Gasteiger partial charge in [-0.15, -0.1) is 0 Å². The lowest BCUT2D eigenvalue weighted by Gasteiger charge is -2.18. The van der Waals surface area contributed by atoms with Crippen molar-refractivity contribution in [3.8, 4) is 28.0 Å².